The topological polar surface area (TPSA) is 98.3 Å². The van der Waals surface area contributed by atoms with Crippen LogP contribution in [-0.4, -0.2) is 17.8 Å². The quantitative estimate of drug-likeness (QED) is 0.722. The molecular weight excluding hydrogens is 392 g/mol. The molecule has 2 fully saturated rings. The highest BCUT2D eigenvalue weighted by Crippen LogP contribution is 2.48. The maximum Gasteiger partial charge on any atom is 0.228 e. The van der Waals surface area contributed by atoms with E-state index in [0.29, 0.717) is 22.8 Å². The minimum Gasteiger partial charge on any atom is -0.550 e. The number of anilines is 2. The molecule has 0 aliphatic heterocycles. The van der Waals surface area contributed by atoms with Crippen molar-refractivity contribution in [3.63, 3.8) is 0 Å². The van der Waals surface area contributed by atoms with E-state index in [4.69, 9.17) is 11.6 Å². The number of halogens is 1. The maximum atomic E-state index is 12.8. The second-order valence-electron chi connectivity index (χ2n) is 8.33. The van der Waals surface area contributed by atoms with Crippen molar-refractivity contribution in [1.29, 1.82) is 0 Å². The number of carboxylic acids is 1. The van der Waals surface area contributed by atoms with Gasteiger partial charge in [-0.25, -0.2) is 0 Å². The molecule has 2 saturated carbocycles. The molecule has 2 N–H and O–H groups in total. The second-order valence-corrected chi connectivity index (χ2v) is 8.73. The molecule has 4 rings (SSSR count). The van der Waals surface area contributed by atoms with E-state index in [1.54, 1.807) is 18.2 Å². The van der Waals surface area contributed by atoms with Gasteiger partial charge in [-0.15, -0.1) is 0 Å². The number of rotatable bonds is 5. The minimum atomic E-state index is -1.18. The SMILES string of the molecule is O=C(Nc1ccc(NC(=O)[C@H]2[C@H](C(=O)[O-])[C@@H]3C=C[C@H]2C3)cc1Cl)C1CCCCC1. The smallest absolute Gasteiger partial charge is 0.228 e. The Balaban J connectivity index is 1.41. The summed E-state index contributed by atoms with van der Waals surface area (Å²) in [6, 6.07) is 4.90. The van der Waals surface area contributed by atoms with Gasteiger partial charge in [-0.1, -0.05) is 43.0 Å². The highest BCUT2D eigenvalue weighted by Gasteiger charge is 2.48. The largest absolute Gasteiger partial charge is 0.550 e. The molecule has 2 amide bonds. The van der Waals surface area contributed by atoms with Crippen molar-refractivity contribution in [2.45, 2.75) is 38.5 Å². The summed E-state index contributed by atoms with van der Waals surface area (Å²) in [5.41, 5.74) is 0.982. The summed E-state index contributed by atoms with van der Waals surface area (Å²) in [4.78, 5) is 36.7. The fraction of sp³-hybridized carbons (Fsp3) is 0.500. The highest BCUT2D eigenvalue weighted by atomic mass is 35.5. The van der Waals surface area contributed by atoms with Gasteiger partial charge in [0.2, 0.25) is 11.8 Å². The number of allylic oxidation sites excluding steroid dienone is 2. The van der Waals surface area contributed by atoms with Gasteiger partial charge >= 0.3 is 0 Å². The Morgan fingerprint density at radius 2 is 1.62 bits per heavy atom. The van der Waals surface area contributed by atoms with Crippen LogP contribution in [0.3, 0.4) is 0 Å². The molecule has 3 aliphatic rings. The number of aliphatic carboxylic acids is 1. The lowest BCUT2D eigenvalue weighted by Crippen LogP contribution is -2.42. The van der Waals surface area contributed by atoms with Gasteiger partial charge in [-0.2, -0.15) is 0 Å². The first kappa shape index (κ1) is 20.0. The number of carbonyl (C=O) groups is 3. The molecule has 0 unspecified atom stereocenters. The number of hydrogen-bond acceptors (Lipinski definition) is 4. The molecule has 0 heterocycles. The zero-order chi connectivity index (χ0) is 20.5. The van der Waals surface area contributed by atoms with Gasteiger partial charge in [-0.3, -0.25) is 9.59 Å². The second kappa shape index (κ2) is 8.19. The molecule has 0 radical (unpaired) electrons. The normalized spacial score (nSPS) is 28.3. The Labute approximate surface area is 174 Å². The first-order chi connectivity index (χ1) is 13.9. The molecular formula is C22H24ClN2O4-. The van der Waals surface area contributed by atoms with E-state index in [2.05, 4.69) is 10.6 Å². The van der Waals surface area contributed by atoms with Crippen LogP contribution in [0.4, 0.5) is 11.4 Å². The Morgan fingerprint density at radius 1 is 0.931 bits per heavy atom. The van der Waals surface area contributed by atoms with Crippen molar-refractivity contribution in [2.75, 3.05) is 10.6 Å². The lowest BCUT2D eigenvalue weighted by molar-refractivity contribution is -0.313. The molecule has 0 saturated heterocycles. The summed E-state index contributed by atoms with van der Waals surface area (Å²) < 4.78 is 0. The predicted molar refractivity (Wildman–Crippen MR) is 108 cm³/mol. The molecule has 2 bridgehead atoms. The van der Waals surface area contributed by atoms with Gasteiger partial charge in [0.1, 0.15) is 0 Å². The van der Waals surface area contributed by atoms with E-state index < -0.39 is 17.8 Å². The third-order valence-electron chi connectivity index (χ3n) is 6.50. The zero-order valence-electron chi connectivity index (χ0n) is 16.0. The van der Waals surface area contributed by atoms with Gasteiger partial charge in [-0.05, 0) is 49.3 Å². The van der Waals surface area contributed by atoms with E-state index >= 15 is 0 Å². The standard InChI is InChI=1S/C22H25ClN2O4/c23-16-11-15(8-9-17(16)25-20(26)12-4-2-1-3-5-12)24-21(27)18-13-6-7-14(10-13)19(18)22(28)29/h6-9,11-14,18-19H,1-5,10H2,(H,24,27)(H,25,26)(H,28,29)/p-1/t13-,14+,18+,19+/m0/s1. The summed E-state index contributed by atoms with van der Waals surface area (Å²) in [5, 5.41) is 17.5. The highest BCUT2D eigenvalue weighted by molar-refractivity contribution is 6.34. The van der Waals surface area contributed by atoms with Crippen LogP contribution in [0.2, 0.25) is 5.02 Å². The molecule has 154 valence electrons. The van der Waals surface area contributed by atoms with Gasteiger partial charge in [0.25, 0.3) is 0 Å². The molecule has 4 atom stereocenters. The van der Waals surface area contributed by atoms with E-state index in [1.807, 2.05) is 12.2 Å². The fourth-order valence-corrected chi connectivity index (χ4v) is 5.25. The van der Waals surface area contributed by atoms with Gasteiger partial charge < -0.3 is 20.5 Å². The van der Waals surface area contributed by atoms with Crippen molar-refractivity contribution >= 4 is 40.8 Å². The van der Waals surface area contributed by atoms with Crippen LogP contribution in [0.1, 0.15) is 38.5 Å². The van der Waals surface area contributed by atoms with Crippen LogP contribution in [0.25, 0.3) is 0 Å². The number of carbonyl (C=O) groups excluding carboxylic acids is 3. The van der Waals surface area contributed by atoms with Gasteiger partial charge in [0.15, 0.2) is 0 Å². The molecule has 7 heteroatoms. The first-order valence-electron chi connectivity index (χ1n) is 10.2. The summed E-state index contributed by atoms with van der Waals surface area (Å²) in [5.74, 6) is -3.17. The Hall–Kier alpha value is -2.34. The number of fused-ring (bicyclic) bond motifs is 2. The van der Waals surface area contributed by atoms with Gasteiger partial charge in [0.05, 0.1) is 16.6 Å². The number of amides is 2. The van der Waals surface area contributed by atoms with Crippen molar-refractivity contribution < 1.29 is 19.5 Å². The first-order valence-corrected chi connectivity index (χ1v) is 10.6. The van der Waals surface area contributed by atoms with Crippen LogP contribution < -0.4 is 15.7 Å². The average molecular weight is 416 g/mol. The van der Waals surface area contributed by atoms with E-state index in [0.717, 1.165) is 25.7 Å². The van der Waals surface area contributed by atoms with Crippen molar-refractivity contribution in [1.82, 2.24) is 0 Å². The predicted octanol–water partition coefficient (Wildman–Crippen LogP) is 2.99. The zero-order valence-corrected chi connectivity index (χ0v) is 16.8. The molecule has 29 heavy (non-hydrogen) atoms. The number of hydrogen-bond donors (Lipinski definition) is 2. The van der Waals surface area contributed by atoms with Crippen molar-refractivity contribution in [3.05, 3.63) is 35.4 Å². The van der Waals surface area contributed by atoms with Crippen LogP contribution in [-0.2, 0) is 14.4 Å². The Morgan fingerprint density at radius 3 is 2.28 bits per heavy atom. The fourth-order valence-electron chi connectivity index (χ4n) is 5.02. The van der Waals surface area contributed by atoms with Crippen LogP contribution in [0.5, 0.6) is 0 Å². The van der Waals surface area contributed by atoms with Crippen molar-refractivity contribution in [2.24, 2.45) is 29.6 Å². The summed E-state index contributed by atoms with van der Waals surface area (Å²) in [7, 11) is 0. The van der Waals surface area contributed by atoms with Crippen molar-refractivity contribution in [3.8, 4) is 0 Å². The molecule has 1 aromatic carbocycles. The van der Waals surface area contributed by atoms with Crippen LogP contribution >= 0.6 is 11.6 Å². The summed E-state index contributed by atoms with van der Waals surface area (Å²) >= 11 is 6.32. The molecule has 6 nitrogen and oxygen atoms in total. The number of carboxylic acid groups (broad SMARTS) is 1. The Bertz CT molecular complexity index is 862. The lowest BCUT2D eigenvalue weighted by Gasteiger charge is -2.27. The number of nitrogens with one attached hydrogen (secondary N) is 2. The number of benzene rings is 1. The Kier molecular flexibility index (Phi) is 5.63. The van der Waals surface area contributed by atoms with E-state index in [9.17, 15) is 19.5 Å². The molecule has 0 aromatic heterocycles. The lowest BCUT2D eigenvalue weighted by atomic mass is 9.82. The third-order valence-corrected chi connectivity index (χ3v) is 6.82. The average Bonchev–Trinajstić information content (AvgIpc) is 3.32. The van der Waals surface area contributed by atoms with Gasteiger partial charge in [0, 0.05) is 23.5 Å². The summed E-state index contributed by atoms with van der Waals surface area (Å²) in [6.45, 7) is 0. The molecule has 0 spiro atoms. The molecule has 1 aromatic rings. The maximum absolute atomic E-state index is 12.8. The summed E-state index contributed by atoms with van der Waals surface area (Å²) in [6.07, 6.45) is 9.58. The van der Waals surface area contributed by atoms with Crippen LogP contribution in [0, 0.1) is 29.6 Å². The monoisotopic (exact) mass is 415 g/mol. The van der Waals surface area contributed by atoms with E-state index in [-0.39, 0.29) is 29.6 Å². The van der Waals surface area contributed by atoms with Crippen LogP contribution in [0.15, 0.2) is 30.4 Å². The third kappa shape index (κ3) is 4.04. The minimum absolute atomic E-state index is 0.0195. The molecule has 3 aliphatic carbocycles. The van der Waals surface area contributed by atoms with E-state index in [1.165, 1.54) is 6.42 Å².